The molecular weight excluding hydrogens is 409 g/mol. The lowest BCUT2D eigenvalue weighted by molar-refractivity contribution is -0.141. The number of hydrogen-bond acceptors (Lipinski definition) is 6. The number of halogens is 3. The highest BCUT2D eigenvalue weighted by Gasteiger charge is 2.34. The van der Waals surface area contributed by atoms with Crippen LogP contribution in [0.25, 0.3) is 11.3 Å². The van der Waals surface area contributed by atoms with E-state index in [-0.39, 0.29) is 18.2 Å². The Morgan fingerprint density at radius 3 is 2.38 bits per heavy atom. The number of aromatic nitrogens is 3. The summed E-state index contributed by atoms with van der Waals surface area (Å²) in [7, 11) is -3.46. The topological polar surface area (TPSA) is 94.1 Å². The number of alkyl halides is 3. The van der Waals surface area contributed by atoms with Crippen molar-refractivity contribution < 1.29 is 26.3 Å². The number of nitrogens with zero attached hydrogens (tertiary/aromatic N) is 3. The molecule has 0 fully saturated rings. The van der Waals surface area contributed by atoms with Crippen LogP contribution in [0, 0.1) is 0 Å². The molecule has 0 unspecified atom stereocenters. The summed E-state index contributed by atoms with van der Waals surface area (Å²) in [5.41, 5.74) is 0.103. The molecule has 11 heteroatoms. The summed E-state index contributed by atoms with van der Waals surface area (Å²) in [5.74, 6) is -0.311. The number of ether oxygens (including phenoxy) is 1. The van der Waals surface area contributed by atoms with Gasteiger partial charge in [0.2, 0.25) is 15.9 Å². The van der Waals surface area contributed by atoms with Crippen LogP contribution in [-0.4, -0.2) is 29.6 Å². The molecule has 0 radical (unpaired) electrons. The zero-order valence-electron chi connectivity index (χ0n) is 15.0. The fourth-order valence-corrected chi connectivity index (χ4v) is 2.91. The van der Waals surface area contributed by atoms with Crippen molar-refractivity contribution in [1.29, 1.82) is 0 Å². The molecule has 0 aliphatic heterocycles. The van der Waals surface area contributed by atoms with E-state index in [0.29, 0.717) is 23.1 Å². The first-order valence-electron chi connectivity index (χ1n) is 8.17. The normalized spacial score (nSPS) is 11.9. The van der Waals surface area contributed by atoms with Crippen LogP contribution in [-0.2, 0) is 22.8 Å². The number of hydrogen-bond donors (Lipinski definition) is 1. The highest BCUT2D eigenvalue weighted by atomic mass is 32.2. The maximum Gasteiger partial charge on any atom is 0.435 e. The van der Waals surface area contributed by atoms with Gasteiger partial charge in [-0.05, 0) is 24.3 Å². The Bertz CT molecular complexity index is 1090. The fraction of sp³-hybridized carbons (Fsp3) is 0.167. The van der Waals surface area contributed by atoms with Crippen LogP contribution in [0.5, 0.6) is 5.88 Å². The van der Waals surface area contributed by atoms with Gasteiger partial charge >= 0.3 is 6.18 Å². The van der Waals surface area contributed by atoms with Gasteiger partial charge in [-0.1, -0.05) is 18.2 Å². The maximum absolute atomic E-state index is 13.0. The van der Waals surface area contributed by atoms with Gasteiger partial charge in [-0.2, -0.15) is 13.2 Å². The van der Waals surface area contributed by atoms with E-state index in [2.05, 4.69) is 19.7 Å². The molecule has 3 rings (SSSR count). The van der Waals surface area contributed by atoms with Gasteiger partial charge < -0.3 is 4.74 Å². The van der Waals surface area contributed by atoms with Gasteiger partial charge in [0.05, 0.1) is 18.1 Å². The average Bonchev–Trinajstić information content (AvgIpc) is 2.66. The summed E-state index contributed by atoms with van der Waals surface area (Å²) in [6, 6.07) is 11.0. The van der Waals surface area contributed by atoms with Crippen LogP contribution >= 0.6 is 0 Å². The molecule has 0 spiro atoms. The highest BCUT2D eigenvalue weighted by Crippen LogP contribution is 2.33. The van der Waals surface area contributed by atoms with Crippen molar-refractivity contribution in [3.63, 3.8) is 0 Å². The molecular formula is C18H15F3N4O3S. The minimum absolute atomic E-state index is 0.0832. The van der Waals surface area contributed by atoms with Crippen LogP contribution in [0.2, 0.25) is 0 Å². The number of pyridine rings is 1. The van der Waals surface area contributed by atoms with Gasteiger partial charge in [-0.3, -0.25) is 9.71 Å². The molecule has 7 nitrogen and oxygen atoms in total. The van der Waals surface area contributed by atoms with Gasteiger partial charge in [0.15, 0.2) is 5.69 Å². The standard InChI is InChI=1S/C18H15F3N4O3S/c1-29(26,27)25-13-7-5-12(6-8-13)16-17(24-15(10-23-16)18(19,20)21)28-11-14-4-2-3-9-22-14/h2-10,25H,11H2,1H3. The van der Waals surface area contributed by atoms with E-state index in [4.69, 9.17) is 4.74 Å². The lowest BCUT2D eigenvalue weighted by Crippen LogP contribution is -2.11. The molecule has 1 aromatic carbocycles. The molecule has 0 saturated heterocycles. The predicted octanol–water partition coefficient (Wildman–Crippen LogP) is 3.51. The van der Waals surface area contributed by atoms with Crippen molar-refractivity contribution in [2.75, 3.05) is 11.0 Å². The first kappa shape index (κ1) is 20.5. The first-order valence-corrected chi connectivity index (χ1v) is 10.1. The van der Waals surface area contributed by atoms with Crippen molar-refractivity contribution >= 4 is 15.7 Å². The highest BCUT2D eigenvalue weighted by molar-refractivity contribution is 7.92. The predicted molar refractivity (Wildman–Crippen MR) is 99.5 cm³/mol. The second-order valence-corrected chi connectivity index (χ2v) is 7.72. The van der Waals surface area contributed by atoms with E-state index in [1.54, 1.807) is 18.2 Å². The molecule has 2 aromatic heterocycles. The molecule has 0 aliphatic rings. The minimum Gasteiger partial charge on any atom is -0.470 e. The first-order chi connectivity index (χ1) is 13.6. The number of nitrogens with one attached hydrogen (secondary N) is 1. The summed E-state index contributed by atoms with van der Waals surface area (Å²) in [4.78, 5) is 11.5. The Hall–Kier alpha value is -3.21. The maximum atomic E-state index is 13.0. The SMILES string of the molecule is CS(=O)(=O)Nc1ccc(-c2ncc(C(F)(F)F)nc2OCc2ccccn2)cc1. The number of anilines is 1. The van der Waals surface area contributed by atoms with Crippen molar-refractivity contribution in [2.45, 2.75) is 12.8 Å². The Kier molecular flexibility index (Phi) is 5.69. The van der Waals surface area contributed by atoms with Crippen LogP contribution in [0.4, 0.5) is 18.9 Å². The second kappa shape index (κ2) is 8.03. The summed E-state index contributed by atoms with van der Waals surface area (Å²) in [6.45, 7) is -0.0997. The van der Waals surface area contributed by atoms with Crippen LogP contribution in [0.15, 0.2) is 54.9 Å². The third-order valence-corrected chi connectivity index (χ3v) is 4.18. The van der Waals surface area contributed by atoms with Gasteiger partial charge in [0.1, 0.15) is 12.3 Å². The summed E-state index contributed by atoms with van der Waals surface area (Å²) >= 11 is 0. The zero-order chi connectivity index (χ0) is 21.1. The van der Waals surface area contributed by atoms with E-state index in [0.717, 1.165) is 6.26 Å². The molecule has 29 heavy (non-hydrogen) atoms. The zero-order valence-corrected chi connectivity index (χ0v) is 15.8. The van der Waals surface area contributed by atoms with Crippen molar-refractivity contribution in [1.82, 2.24) is 15.0 Å². The van der Waals surface area contributed by atoms with E-state index < -0.39 is 21.9 Å². The summed E-state index contributed by atoms with van der Waals surface area (Å²) in [6.07, 6.45) is -1.53. The van der Waals surface area contributed by atoms with Gasteiger partial charge in [-0.15, -0.1) is 0 Å². The number of rotatable bonds is 6. The van der Waals surface area contributed by atoms with Crippen LogP contribution < -0.4 is 9.46 Å². The average molecular weight is 424 g/mol. The Balaban J connectivity index is 1.94. The van der Waals surface area contributed by atoms with Crippen molar-refractivity contribution in [3.8, 4) is 17.1 Å². The fourth-order valence-electron chi connectivity index (χ4n) is 2.34. The minimum atomic E-state index is -4.68. The summed E-state index contributed by atoms with van der Waals surface area (Å²) < 4.78 is 69.5. The third-order valence-electron chi connectivity index (χ3n) is 3.58. The lowest BCUT2D eigenvalue weighted by Gasteiger charge is -2.13. The molecule has 3 aromatic rings. The quantitative estimate of drug-likeness (QED) is 0.651. The van der Waals surface area contributed by atoms with E-state index >= 15 is 0 Å². The second-order valence-electron chi connectivity index (χ2n) is 5.97. The van der Waals surface area contributed by atoms with Crippen molar-refractivity contribution in [3.05, 3.63) is 66.2 Å². The lowest BCUT2D eigenvalue weighted by atomic mass is 10.1. The largest absolute Gasteiger partial charge is 0.470 e. The van der Waals surface area contributed by atoms with E-state index in [9.17, 15) is 21.6 Å². The van der Waals surface area contributed by atoms with Crippen LogP contribution in [0.3, 0.4) is 0 Å². The third kappa shape index (κ3) is 5.64. The molecule has 0 amide bonds. The Morgan fingerprint density at radius 1 is 1.07 bits per heavy atom. The molecule has 0 atom stereocenters. The molecule has 0 bridgehead atoms. The Morgan fingerprint density at radius 2 is 1.79 bits per heavy atom. The molecule has 1 N–H and O–H groups in total. The Labute approximate surface area is 164 Å². The van der Waals surface area contributed by atoms with Gasteiger partial charge in [0, 0.05) is 17.4 Å². The summed E-state index contributed by atoms with van der Waals surface area (Å²) in [5, 5.41) is 0. The smallest absolute Gasteiger partial charge is 0.435 e. The number of benzene rings is 1. The van der Waals surface area contributed by atoms with Gasteiger partial charge in [-0.25, -0.2) is 18.4 Å². The number of sulfonamides is 1. The molecule has 152 valence electrons. The van der Waals surface area contributed by atoms with E-state index in [1.807, 2.05) is 0 Å². The van der Waals surface area contributed by atoms with E-state index in [1.165, 1.54) is 30.5 Å². The molecule has 0 aliphatic carbocycles. The molecule has 2 heterocycles. The van der Waals surface area contributed by atoms with Crippen molar-refractivity contribution in [2.24, 2.45) is 0 Å². The molecule has 0 saturated carbocycles. The van der Waals surface area contributed by atoms with Gasteiger partial charge in [0.25, 0.3) is 0 Å². The monoisotopic (exact) mass is 424 g/mol. The van der Waals surface area contributed by atoms with Crippen LogP contribution in [0.1, 0.15) is 11.4 Å².